The molecule has 2 unspecified atom stereocenters. The lowest BCUT2D eigenvalue weighted by molar-refractivity contribution is -0.125. The van der Waals surface area contributed by atoms with Crippen molar-refractivity contribution < 1.29 is 14.7 Å². The molecule has 1 aliphatic heterocycles. The Morgan fingerprint density at radius 2 is 1.80 bits per heavy atom. The van der Waals surface area contributed by atoms with Gasteiger partial charge in [-0.25, -0.2) is 0 Å². The van der Waals surface area contributed by atoms with Crippen LogP contribution in [0.2, 0.25) is 0 Å². The Kier molecular flexibility index (Phi) is 5.03. The van der Waals surface area contributed by atoms with Crippen LogP contribution in [0, 0.1) is 0 Å². The van der Waals surface area contributed by atoms with Crippen molar-refractivity contribution in [1.82, 2.24) is 10.2 Å². The molecule has 2 N–H and O–H groups in total. The van der Waals surface area contributed by atoms with Gasteiger partial charge in [0, 0.05) is 6.54 Å². The van der Waals surface area contributed by atoms with Crippen LogP contribution in [0.25, 0.3) is 0 Å². The summed E-state index contributed by atoms with van der Waals surface area (Å²) in [5.41, 5.74) is 1.26. The number of phenols is 1. The zero-order valence-corrected chi connectivity index (χ0v) is 14.2. The number of para-hydroxylation sites is 1. The van der Waals surface area contributed by atoms with Gasteiger partial charge in [0.15, 0.2) is 0 Å². The van der Waals surface area contributed by atoms with E-state index in [1.54, 1.807) is 23.1 Å². The Labute approximate surface area is 147 Å². The van der Waals surface area contributed by atoms with E-state index in [0.717, 1.165) is 12.0 Å². The van der Waals surface area contributed by atoms with Crippen LogP contribution >= 0.6 is 0 Å². The van der Waals surface area contributed by atoms with E-state index in [4.69, 9.17) is 0 Å². The van der Waals surface area contributed by atoms with Gasteiger partial charge < -0.3 is 15.3 Å². The van der Waals surface area contributed by atoms with Crippen LogP contribution < -0.4 is 5.32 Å². The zero-order chi connectivity index (χ0) is 17.8. The van der Waals surface area contributed by atoms with E-state index in [-0.39, 0.29) is 29.2 Å². The fourth-order valence-corrected chi connectivity index (χ4v) is 3.23. The standard InChI is InChI=1S/C20H22N2O3/c1-14(15-8-3-2-4-9-15)21-19(24)17-11-7-13-22(17)20(25)16-10-5-6-12-18(16)23/h2-6,8-10,12,14,17,23H,7,11,13H2,1H3,(H,21,24). The second-order valence-corrected chi connectivity index (χ2v) is 6.31. The summed E-state index contributed by atoms with van der Waals surface area (Å²) in [7, 11) is 0. The molecule has 2 aromatic rings. The molecular weight excluding hydrogens is 316 g/mol. The summed E-state index contributed by atoms with van der Waals surface area (Å²) in [5.74, 6) is -0.517. The molecule has 0 saturated carbocycles. The van der Waals surface area contributed by atoms with Crippen molar-refractivity contribution in [2.75, 3.05) is 6.54 Å². The van der Waals surface area contributed by atoms with Crippen LogP contribution in [0.15, 0.2) is 54.6 Å². The topological polar surface area (TPSA) is 69.6 Å². The van der Waals surface area contributed by atoms with Crippen molar-refractivity contribution in [3.63, 3.8) is 0 Å². The third-order valence-corrected chi connectivity index (χ3v) is 4.61. The number of likely N-dealkylation sites (tertiary alicyclic amines) is 1. The summed E-state index contributed by atoms with van der Waals surface area (Å²) in [6.45, 7) is 2.45. The summed E-state index contributed by atoms with van der Waals surface area (Å²) in [6, 6.07) is 15.5. The van der Waals surface area contributed by atoms with Crippen molar-refractivity contribution in [2.45, 2.75) is 31.8 Å². The number of amides is 2. The Morgan fingerprint density at radius 1 is 1.12 bits per heavy atom. The molecule has 2 aromatic carbocycles. The molecule has 0 aliphatic carbocycles. The number of hydrogen-bond acceptors (Lipinski definition) is 3. The van der Waals surface area contributed by atoms with Crippen molar-refractivity contribution in [2.24, 2.45) is 0 Å². The van der Waals surface area contributed by atoms with Gasteiger partial charge in [0.2, 0.25) is 5.91 Å². The van der Waals surface area contributed by atoms with Gasteiger partial charge in [-0.1, -0.05) is 42.5 Å². The Bertz CT molecular complexity index is 761. The number of aromatic hydroxyl groups is 1. The van der Waals surface area contributed by atoms with E-state index >= 15 is 0 Å². The average Bonchev–Trinajstić information content (AvgIpc) is 3.12. The van der Waals surface area contributed by atoms with Crippen molar-refractivity contribution in [3.8, 4) is 5.75 Å². The molecule has 1 aliphatic rings. The zero-order valence-electron chi connectivity index (χ0n) is 14.2. The number of benzene rings is 2. The number of hydrogen-bond donors (Lipinski definition) is 2. The van der Waals surface area contributed by atoms with Gasteiger partial charge in [-0.3, -0.25) is 9.59 Å². The molecule has 3 rings (SSSR count). The SMILES string of the molecule is CC(NC(=O)C1CCCN1C(=O)c1ccccc1O)c1ccccc1. The molecule has 0 aromatic heterocycles. The molecule has 5 nitrogen and oxygen atoms in total. The minimum atomic E-state index is -0.502. The second-order valence-electron chi connectivity index (χ2n) is 6.31. The predicted molar refractivity (Wildman–Crippen MR) is 95.2 cm³/mol. The van der Waals surface area contributed by atoms with E-state index in [2.05, 4.69) is 5.32 Å². The molecule has 1 fully saturated rings. The van der Waals surface area contributed by atoms with Crippen LogP contribution in [-0.2, 0) is 4.79 Å². The monoisotopic (exact) mass is 338 g/mol. The van der Waals surface area contributed by atoms with Crippen molar-refractivity contribution in [1.29, 1.82) is 0 Å². The van der Waals surface area contributed by atoms with Crippen LogP contribution in [0.3, 0.4) is 0 Å². The average molecular weight is 338 g/mol. The summed E-state index contributed by atoms with van der Waals surface area (Å²) in [4.78, 5) is 27.0. The Morgan fingerprint density at radius 3 is 2.52 bits per heavy atom. The number of nitrogens with zero attached hydrogens (tertiary/aromatic N) is 1. The van der Waals surface area contributed by atoms with Gasteiger partial charge >= 0.3 is 0 Å². The van der Waals surface area contributed by atoms with E-state index in [9.17, 15) is 14.7 Å². The first-order valence-electron chi connectivity index (χ1n) is 8.52. The molecule has 2 atom stereocenters. The third kappa shape index (κ3) is 3.65. The van der Waals surface area contributed by atoms with Crippen LogP contribution in [0.1, 0.15) is 41.7 Å². The van der Waals surface area contributed by atoms with Gasteiger partial charge in [-0.15, -0.1) is 0 Å². The smallest absolute Gasteiger partial charge is 0.258 e. The number of nitrogens with one attached hydrogen (secondary N) is 1. The highest BCUT2D eigenvalue weighted by Crippen LogP contribution is 2.25. The number of carbonyl (C=O) groups is 2. The lowest BCUT2D eigenvalue weighted by Crippen LogP contribution is -2.46. The van der Waals surface area contributed by atoms with Crippen LogP contribution in [-0.4, -0.2) is 34.4 Å². The quantitative estimate of drug-likeness (QED) is 0.900. The molecule has 1 heterocycles. The molecule has 0 spiro atoms. The molecule has 25 heavy (non-hydrogen) atoms. The van der Waals surface area contributed by atoms with Gasteiger partial charge in [0.25, 0.3) is 5.91 Å². The molecule has 2 amide bonds. The van der Waals surface area contributed by atoms with Gasteiger partial charge in [-0.2, -0.15) is 0 Å². The normalized spacial score (nSPS) is 18.0. The predicted octanol–water partition coefficient (Wildman–Crippen LogP) is 2.87. The number of phenolic OH excluding ortho intramolecular Hbond substituents is 1. The highest BCUT2D eigenvalue weighted by atomic mass is 16.3. The summed E-state index contributed by atoms with van der Waals surface area (Å²) in [5, 5.41) is 12.9. The van der Waals surface area contributed by atoms with E-state index in [1.807, 2.05) is 37.3 Å². The first-order valence-corrected chi connectivity index (χ1v) is 8.52. The van der Waals surface area contributed by atoms with Gasteiger partial charge in [0.05, 0.1) is 11.6 Å². The highest BCUT2D eigenvalue weighted by Gasteiger charge is 2.35. The second kappa shape index (κ2) is 7.38. The van der Waals surface area contributed by atoms with Crippen molar-refractivity contribution >= 4 is 11.8 Å². The number of rotatable bonds is 4. The van der Waals surface area contributed by atoms with Crippen molar-refractivity contribution in [3.05, 3.63) is 65.7 Å². The Balaban J connectivity index is 1.72. The number of carbonyl (C=O) groups excluding carboxylic acids is 2. The lowest BCUT2D eigenvalue weighted by atomic mass is 10.1. The molecule has 1 saturated heterocycles. The molecular formula is C20H22N2O3. The van der Waals surface area contributed by atoms with Gasteiger partial charge in [-0.05, 0) is 37.5 Å². The van der Waals surface area contributed by atoms with E-state index in [1.165, 1.54) is 6.07 Å². The third-order valence-electron chi connectivity index (χ3n) is 4.61. The first-order chi connectivity index (χ1) is 12.1. The minimum Gasteiger partial charge on any atom is -0.507 e. The molecule has 0 radical (unpaired) electrons. The maximum atomic E-state index is 12.7. The summed E-state index contributed by atoms with van der Waals surface area (Å²) >= 11 is 0. The molecule has 0 bridgehead atoms. The van der Waals surface area contributed by atoms with Crippen LogP contribution in [0.5, 0.6) is 5.75 Å². The highest BCUT2D eigenvalue weighted by molar-refractivity contribution is 5.99. The largest absolute Gasteiger partial charge is 0.507 e. The summed E-state index contributed by atoms with van der Waals surface area (Å²) < 4.78 is 0. The first kappa shape index (κ1) is 17.0. The molecule has 130 valence electrons. The minimum absolute atomic E-state index is 0.0591. The Hall–Kier alpha value is -2.82. The van der Waals surface area contributed by atoms with Gasteiger partial charge in [0.1, 0.15) is 11.8 Å². The lowest BCUT2D eigenvalue weighted by Gasteiger charge is -2.26. The van der Waals surface area contributed by atoms with E-state index < -0.39 is 6.04 Å². The fraction of sp³-hybridized carbons (Fsp3) is 0.300. The van der Waals surface area contributed by atoms with E-state index in [0.29, 0.717) is 13.0 Å². The molecule has 5 heteroatoms. The maximum absolute atomic E-state index is 12.7. The summed E-state index contributed by atoms with van der Waals surface area (Å²) in [6.07, 6.45) is 1.41. The maximum Gasteiger partial charge on any atom is 0.258 e. The van der Waals surface area contributed by atoms with Crippen LogP contribution in [0.4, 0.5) is 0 Å². The fourth-order valence-electron chi connectivity index (χ4n) is 3.23.